The van der Waals surface area contributed by atoms with Crippen molar-refractivity contribution in [3.63, 3.8) is 0 Å². The highest BCUT2D eigenvalue weighted by molar-refractivity contribution is 6.08. The Bertz CT molecular complexity index is 737. The van der Waals surface area contributed by atoms with Crippen molar-refractivity contribution >= 4 is 11.8 Å². The fourth-order valence-corrected chi connectivity index (χ4v) is 2.33. The Hall–Kier alpha value is -2.66. The van der Waals surface area contributed by atoms with Gasteiger partial charge in [0.1, 0.15) is 5.75 Å². The molecule has 0 bridgehead atoms. The monoisotopic (exact) mass is 284 g/mol. The summed E-state index contributed by atoms with van der Waals surface area (Å²) in [5.74, 6) is -3.24. The number of carbonyl (C=O) groups is 2. The topological polar surface area (TPSA) is 72.8 Å². The van der Waals surface area contributed by atoms with E-state index in [0.717, 1.165) is 0 Å². The van der Waals surface area contributed by atoms with E-state index in [0.29, 0.717) is 5.75 Å². The number of rotatable bonds is 3. The third-order valence-electron chi connectivity index (χ3n) is 3.39. The molecule has 1 heterocycles. The van der Waals surface area contributed by atoms with E-state index in [9.17, 15) is 14.7 Å². The summed E-state index contributed by atoms with van der Waals surface area (Å²) in [7, 11) is 1.48. The molecule has 3 rings (SSSR count). The van der Waals surface area contributed by atoms with Crippen LogP contribution in [0.5, 0.6) is 5.75 Å². The molecule has 0 saturated carbocycles. The number of hydrogen-bond donors (Lipinski definition) is 1. The maximum atomic E-state index is 12.6. The summed E-state index contributed by atoms with van der Waals surface area (Å²) in [6.45, 7) is 0. The summed E-state index contributed by atoms with van der Waals surface area (Å²) in [6, 6.07) is 12.6. The van der Waals surface area contributed by atoms with Gasteiger partial charge in [-0.05, 0) is 18.2 Å². The lowest BCUT2D eigenvalue weighted by molar-refractivity contribution is -0.125. The average Bonchev–Trinajstić information content (AvgIpc) is 2.79. The van der Waals surface area contributed by atoms with Gasteiger partial charge in [0.15, 0.2) is 0 Å². The lowest BCUT2D eigenvalue weighted by Crippen LogP contribution is -2.36. The fraction of sp³-hybridized carbons (Fsp3) is 0.125. The molecule has 1 aliphatic rings. The normalized spacial score (nSPS) is 19.8. The van der Waals surface area contributed by atoms with Gasteiger partial charge in [0.2, 0.25) is 5.78 Å². The first-order valence-corrected chi connectivity index (χ1v) is 6.30. The van der Waals surface area contributed by atoms with E-state index < -0.39 is 17.5 Å². The van der Waals surface area contributed by atoms with Gasteiger partial charge in [0.25, 0.3) is 0 Å². The molecule has 0 saturated heterocycles. The second-order valence-corrected chi connectivity index (χ2v) is 4.64. The summed E-state index contributed by atoms with van der Waals surface area (Å²) in [6.07, 6.45) is 0. The lowest BCUT2D eigenvalue weighted by atomic mass is 9.95. The third kappa shape index (κ3) is 1.98. The van der Waals surface area contributed by atoms with Crippen LogP contribution in [0.15, 0.2) is 48.5 Å². The van der Waals surface area contributed by atoms with Gasteiger partial charge in [-0.2, -0.15) is 0 Å². The van der Waals surface area contributed by atoms with Crippen LogP contribution in [0.3, 0.4) is 0 Å². The van der Waals surface area contributed by atoms with E-state index in [-0.39, 0.29) is 16.7 Å². The zero-order valence-electron chi connectivity index (χ0n) is 11.2. The summed E-state index contributed by atoms with van der Waals surface area (Å²) >= 11 is 0. The lowest BCUT2D eigenvalue weighted by Gasteiger charge is -2.20. The molecule has 0 amide bonds. The number of hydrogen-bond acceptors (Lipinski definition) is 5. The first-order chi connectivity index (χ1) is 10.1. The molecular weight excluding hydrogens is 272 g/mol. The number of Topliss-reactive ketones (excluding diaryl/α,β-unsaturated/α-hetero) is 1. The molecule has 0 fully saturated rings. The summed E-state index contributed by atoms with van der Waals surface area (Å²) < 4.78 is 9.98. The molecule has 0 aliphatic carbocycles. The maximum absolute atomic E-state index is 12.6. The number of cyclic esters (lactones) is 1. The van der Waals surface area contributed by atoms with Gasteiger partial charge in [-0.3, -0.25) is 4.79 Å². The van der Waals surface area contributed by atoms with Crippen molar-refractivity contribution in [2.24, 2.45) is 0 Å². The number of methoxy groups -OCH3 is 1. The molecular formula is C16H12O5. The fourth-order valence-electron chi connectivity index (χ4n) is 2.33. The van der Waals surface area contributed by atoms with Gasteiger partial charge in [-0.1, -0.05) is 30.3 Å². The van der Waals surface area contributed by atoms with Crippen LogP contribution < -0.4 is 4.74 Å². The molecule has 106 valence electrons. The van der Waals surface area contributed by atoms with Crippen molar-refractivity contribution in [1.82, 2.24) is 0 Å². The molecule has 5 heteroatoms. The van der Waals surface area contributed by atoms with Crippen LogP contribution in [-0.2, 0) is 10.5 Å². The Morgan fingerprint density at radius 1 is 1.19 bits per heavy atom. The maximum Gasteiger partial charge on any atom is 0.341 e. The average molecular weight is 284 g/mol. The van der Waals surface area contributed by atoms with Crippen molar-refractivity contribution in [3.05, 3.63) is 65.2 Å². The van der Waals surface area contributed by atoms with E-state index >= 15 is 0 Å². The van der Waals surface area contributed by atoms with E-state index in [4.69, 9.17) is 9.47 Å². The van der Waals surface area contributed by atoms with Crippen LogP contribution in [0.25, 0.3) is 0 Å². The first-order valence-electron chi connectivity index (χ1n) is 6.30. The molecule has 21 heavy (non-hydrogen) atoms. The zero-order chi connectivity index (χ0) is 15.0. The number of ketones is 1. The minimum absolute atomic E-state index is 0.155. The molecule has 0 aromatic heterocycles. The predicted molar refractivity (Wildman–Crippen MR) is 73.1 cm³/mol. The summed E-state index contributed by atoms with van der Waals surface area (Å²) in [5, 5.41) is 10.6. The first kappa shape index (κ1) is 13.3. The molecule has 1 atom stereocenters. The Morgan fingerprint density at radius 3 is 2.71 bits per heavy atom. The highest BCUT2D eigenvalue weighted by Crippen LogP contribution is 2.37. The smallest absolute Gasteiger partial charge is 0.341 e. The molecule has 1 N–H and O–H groups in total. The number of ether oxygens (including phenoxy) is 2. The van der Waals surface area contributed by atoms with Crippen molar-refractivity contribution in [1.29, 1.82) is 0 Å². The molecule has 0 radical (unpaired) electrons. The predicted octanol–water partition coefficient (Wildman–Crippen LogP) is 1.89. The number of aliphatic hydroxyl groups is 1. The van der Waals surface area contributed by atoms with E-state index in [1.807, 2.05) is 0 Å². The van der Waals surface area contributed by atoms with Gasteiger partial charge in [0.05, 0.1) is 12.7 Å². The zero-order valence-corrected chi connectivity index (χ0v) is 11.2. The third-order valence-corrected chi connectivity index (χ3v) is 3.39. The SMILES string of the molecule is COc1cccc(C(=O)C2(O)OC(=O)c3ccccc32)c1. The van der Waals surface area contributed by atoms with Gasteiger partial charge in [0, 0.05) is 11.1 Å². The van der Waals surface area contributed by atoms with Crippen LogP contribution in [0.1, 0.15) is 26.3 Å². The second kappa shape index (κ2) is 4.71. The van der Waals surface area contributed by atoms with E-state index in [2.05, 4.69) is 0 Å². The van der Waals surface area contributed by atoms with Crippen LogP contribution in [0.4, 0.5) is 0 Å². The molecule has 1 unspecified atom stereocenters. The van der Waals surface area contributed by atoms with Crippen LogP contribution in [-0.4, -0.2) is 24.0 Å². The number of benzene rings is 2. The van der Waals surface area contributed by atoms with Crippen LogP contribution in [0.2, 0.25) is 0 Å². The Labute approximate surface area is 120 Å². The molecule has 5 nitrogen and oxygen atoms in total. The quantitative estimate of drug-likeness (QED) is 0.688. The van der Waals surface area contributed by atoms with Crippen molar-refractivity contribution in [2.75, 3.05) is 7.11 Å². The van der Waals surface area contributed by atoms with Crippen LogP contribution >= 0.6 is 0 Å². The van der Waals surface area contributed by atoms with Gasteiger partial charge in [-0.25, -0.2) is 4.79 Å². The Kier molecular flexibility index (Phi) is 2.99. The molecule has 0 spiro atoms. The standard InChI is InChI=1S/C16H12O5/c1-20-11-6-4-5-10(9-11)14(17)16(19)13-8-3-2-7-12(13)15(18)21-16/h2-9,19H,1H3. The van der Waals surface area contributed by atoms with Crippen molar-refractivity contribution < 1.29 is 24.2 Å². The van der Waals surface area contributed by atoms with Gasteiger partial charge >= 0.3 is 11.8 Å². The minimum Gasteiger partial charge on any atom is -0.497 e. The molecule has 2 aromatic carbocycles. The van der Waals surface area contributed by atoms with Crippen LogP contribution in [0, 0.1) is 0 Å². The number of fused-ring (bicyclic) bond motifs is 1. The highest BCUT2D eigenvalue weighted by Gasteiger charge is 2.50. The molecule has 2 aromatic rings. The van der Waals surface area contributed by atoms with Gasteiger partial charge < -0.3 is 14.6 Å². The van der Waals surface area contributed by atoms with E-state index in [1.165, 1.54) is 31.4 Å². The van der Waals surface area contributed by atoms with Crippen molar-refractivity contribution in [2.45, 2.75) is 5.79 Å². The minimum atomic E-state index is -2.29. The number of esters is 1. The number of carbonyl (C=O) groups excluding carboxylic acids is 2. The van der Waals surface area contributed by atoms with Crippen molar-refractivity contribution in [3.8, 4) is 5.75 Å². The largest absolute Gasteiger partial charge is 0.497 e. The summed E-state index contributed by atoms with van der Waals surface area (Å²) in [4.78, 5) is 24.3. The second-order valence-electron chi connectivity index (χ2n) is 4.64. The Morgan fingerprint density at radius 2 is 1.95 bits per heavy atom. The summed E-state index contributed by atoms with van der Waals surface area (Å²) in [5.41, 5.74) is 0.542. The Balaban J connectivity index is 2.07. The highest BCUT2D eigenvalue weighted by atomic mass is 16.7. The van der Waals surface area contributed by atoms with Gasteiger partial charge in [-0.15, -0.1) is 0 Å². The molecule has 1 aliphatic heterocycles. The van der Waals surface area contributed by atoms with E-state index in [1.54, 1.807) is 24.3 Å².